The number of thiazole rings is 1. The van der Waals surface area contributed by atoms with Crippen LogP contribution < -0.4 is 0 Å². The second-order valence-electron chi connectivity index (χ2n) is 6.27. The Morgan fingerprint density at radius 1 is 1.32 bits per heavy atom. The van der Waals surface area contributed by atoms with Gasteiger partial charge in [-0.25, -0.2) is 9.37 Å². The van der Waals surface area contributed by atoms with Crippen LogP contribution in [0.1, 0.15) is 20.8 Å². The van der Waals surface area contributed by atoms with Gasteiger partial charge in [-0.05, 0) is 45.0 Å². The number of hydrogen-bond donors (Lipinski definition) is 0. The molecule has 1 amide bonds. The number of amides is 1. The summed E-state index contributed by atoms with van der Waals surface area (Å²) in [6.07, 6.45) is 0.129. The van der Waals surface area contributed by atoms with Crippen LogP contribution in [0.15, 0.2) is 34.0 Å². The molecule has 134 valence electrons. The number of carbonyl (C=O) groups is 1. The van der Waals surface area contributed by atoms with E-state index in [0.29, 0.717) is 13.1 Å². The largest absolute Gasteiger partial charge is 0.372 e. The van der Waals surface area contributed by atoms with Gasteiger partial charge in [0, 0.05) is 24.0 Å². The number of aromatic nitrogens is 1. The van der Waals surface area contributed by atoms with E-state index in [9.17, 15) is 9.18 Å². The molecule has 1 aromatic heterocycles. The summed E-state index contributed by atoms with van der Waals surface area (Å²) in [5, 5.41) is 1.73. The lowest BCUT2D eigenvalue weighted by atomic mass is 10.2. The topological polar surface area (TPSA) is 42.4 Å². The SMILES string of the molecule is C[C@H]1CN(C(=O)[C@@H](C)Sc2nc(-c3ccc(F)cc3)cs2)C[C@H](C)O1. The molecule has 0 aliphatic carbocycles. The number of nitrogens with zero attached hydrogens (tertiary/aromatic N) is 2. The molecule has 2 aromatic rings. The van der Waals surface area contributed by atoms with E-state index in [4.69, 9.17) is 4.74 Å². The molecule has 3 rings (SSSR count). The predicted molar refractivity (Wildman–Crippen MR) is 99.4 cm³/mol. The molecule has 1 saturated heterocycles. The number of halogens is 1. The van der Waals surface area contributed by atoms with Gasteiger partial charge in [-0.1, -0.05) is 11.8 Å². The molecule has 7 heteroatoms. The van der Waals surface area contributed by atoms with Gasteiger partial charge in [-0.15, -0.1) is 11.3 Å². The predicted octanol–water partition coefficient (Wildman–Crippen LogP) is 4.07. The van der Waals surface area contributed by atoms with Crippen molar-refractivity contribution >= 4 is 29.0 Å². The van der Waals surface area contributed by atoms with Crippen LogP contribution in [-0.2, 0) is 9.53 Å². The molecule has 0 spiro atoms. The smallest absolute Gasteiger partial charge is 0.236 e. The highest BCUT2D eigenvalue weighted by Gasteiger charge is 2.29. The molecule has 4 nitrogen and oxygen atoms in total. The highest BCUT2D eigenvalue weighted by atomic mass is 32.2. The standard InChI is InChI=1S/C18H21FN2O2S2/c1-11-8-21(9-12(2)23-11)17(22)13(3)25-18-20-16(10-24-18)14-4-6-15(19)7-5-14/h4-7,10-13H,8-9H2,1-3H3/t11-,12-,13+/m0/s1. The van der Waals surface area contributed by atoms with E-state index in [2.05, 4.69) is 4.98 Å². The molecule has 1 aliphatic heterocycles. The van der Waals surface area contributed by atoms with E-state index < -0.39 is 0 Å². The third-order valence-corrected chi connectivity index (χ3v) is 6.04. The summed E-state index contributed by atoms with van der Waals surface area (Å²) in [6, 6.07) is 6.27. The van der Waals surface area contributed by atoms with Crippen LogP contribution in [0.5, 0.6) is 0 Å². The molecule has 1 fully saturated rings. The number of benzene rings is 1. The first-order valence-corrected chi connectivity index (χ1v) is 10.0. The summed E-state index contributed by atoms with van der Waals surface area (Å²) in [6.45, 7) is 7.16. The van der Waals surface area contributed by atoms with Gasteiger partial charge >= 0.3 is 0 Å². The molecule has 0 N–H and O–H groups in total. The Morgan fingerprint density at radius 3 is 2.60 bits per heavy atom. The van der Waals surface area contributed by atoms with Crippen molar-refractivity contribution in [3.8, 4) is 11.3 Å². The first kappa shape index (κ1) is 18.4. The summed E-state index contributed by atoms with van der Waals surface area (Å²) in [5.41, 5.74) is 1.68. The van der Waals surface area contributed by atoms with E-state index in [-0.39, 0.29) is 29.2 Å². The Hall–Kier alpha value is -1.44. The minimum atomic E-state index is -0.262. The third-order valence-electron chi connectivity index (χ3n) is 3.98. The van der Waals surface area contributed by atoms with Gasteiger partial charge in [-0.3, -0.25) is 4.79 Å². The van der Waals surface area contributed by atoms with Crippen LogP contribution in [0.2, 0.25) is 0 Å². The summed E-state index contributed by atoms with van der Waals surface area (Å²) in [7, 11) is 0. The van der Waals surface area contributed by atoms with Gasteiger partial charge in [0.15, 0.2) is 4.34 Å². The zero-order chi connectivity index (χ0) is 18.0. The molecule has 2 heterocycles. The maximum Gasteiger partial charge on any atom is 0.236 e. The highest BCUT2D eigenvalue weighted by molar-refractivity contribution is 8.02. The first-order chi connectivity index (χ1) is 11.9. The maximum atomic E-state index is 13.0. The van der Waals surface area contributed by atoms with E-state index in [1.54, 1.807) is 12.1 Å². The van der Waals surface area contributed by atoms with Crippen LogP contribution in [-0.4, -0.2) is 46.3 Å². The fourth-order valence-electron chi connectivity index (χ4n) is 2.88. The van der Waals surface area contributed by atoms with Crippen molar-refractivity contribution in [1.29, 1.82) is 0 Å². The van der Waals surface area contributed by atoms with E-state index in [0.717, 1.165) is 15.6 Å². The summed E-state index contributed by atoms with van der Waals surface area (Å²) in [5.74, 6) is -0.146. The number of ether oxygens (including phenoxy) is 1. The van der Waals surface area contributed by atoms with Crippen LogP contribution in [0.4, 0.5) is 4.39 Å². The van der Waals surface area contributed by atoms with Gasteiger partial charge in [0.05, 0.1) is 23.2 Å². The molecular weight excluding hydrogens is 359 g/mol. The number of morpholine rings is 1. The highest BCUT2D eigenvalue weighted by Crippen LogP contribution is 2.31. The molecular formula is C18H21FN2O2S2. The van der Waals surface area contributed by atoms with Gasteiger partial charge in [0.1, 0.15) is 5.82 Å². The zero-order valence-electron chi connectivity index (χ0n) is 14.4. The molecule has 1 aromatic carbocycles. The molecule has 3 atom stereocenters. The number of thioether (sulfide) groups is 1. The average Bonchev–Trinajstić information content (AvgIpc) is 3.02. The van der Waals surface area contributed by atoms with E-state index >= 15 is 0 Å². The van der Waals surface area contributed by atoms with Gasteiger partial charge in [-0.2, -0.15) is 0 Å². The van der Waals surface area contributed by atoms with Crippen LogP contribution in [0.3, 0.4) is 0 Å². The lowest BCUT2D eigenvalue weighted by Crippen LogP contribution is -2.50. The summed E-state index contributed by atoms with van der Waals surface area (Å²) < 4.78 is 19.6. The molecule has 25 heavy (non-hydrogen) atoms. The molecule has 0 unspecified atom stereocenters. The van der Waals surface area contributed by atoms with E-state index in [1.807, 2.05) is 31.1 Å². The fourth-order valence-corrected chi connectivity index (χ4v) is 4.94. The Bertz CT molecular complexity index is 725. The van der Waals surface area contributed by atoms with Crippen molar-refractivity contribution in [2.75, 3.05) is 13.1 Å². The van der Waals surface area contributed by atoms with Crippen LogP contribution in [0.25, 0.3) is 11.3 Å². The first-order valence-electron chi connectivity index (χ1n) is 8.24. The summed E-state index contributed by atoms with van der Waals surface area (Å²) in [4.78, 5) is 19.1. The maximum absolute atomic E-state index is 13.0. The number of hydrogen-bond acceptors (Lipinski definition) is 5. The number of rotatable bonds is 4. The molecule has 0 bridgehead atoms. The normalized spacial score (nSPS) is 22.0. The van der Waals surface area contributed by atoms with Gasteiger partial charge in [0.25, 0.3) is 0 Å². The van der Waals surface area contributed by atoms with E-state index in [1.165, 1.54) is 35.2 Å². The number of carbonyl (C=O) groups excluding carboxylic acids is 1. The van der Waals surface area contributed by atoms with Crippen molar-refractivity contribution < 1.29 is 13.9 Å². The molecule has 0 saturated carbocycles. The van der Waals surface area contributed by atoms with Crippen molar-refractivity contribution in [1.82, 2.24) is 9.88 Å². The second kappa shape index (κ2) is 7.85. The second-order valence-corrected chi connectivity index (χ2v) is 8.71. The Balaban J connectivity index is 1.64. The van der Waals surface area contributed by atoms with Gasteiger partial charge < -0.3 is 9.64 Å². The summed E-state index contributed by atoms with van der Waals surface area (Å²) >= 11 is 2.97. The van der Waals surface area contributed by atoms with Crippen molar-refractivity contribution in [2.24, 2.45) is 0 Å². The fraction of sp³-hybridized carbons (Fsp3) is 0.444. The van der Waals surface area contributed by atoms with Crippen LogP contribution in [0, 0.1) is 5.82 Å². The van der Waals surface area contributed by atoms with Crippen molar-refractivity contribution in [2.45, 2.75) is 42.6 Å². The van der Waals surface area contributed by atoms with Crippen LogP contribution >= 0.6 is 23.1 Å². The Kier molecular flexibility index (Phi) is 5.76. The monoisotopic (exact) mass is 380 g/mol. The Labute approximate surface area is 155 Å². The minimum Gasteiger partial charge on any atom is -0.372 e. The third kappa shape index (κ3) is 4.59. The average molecular weight is 381 g/mol. The minimum absolute atomic E-state index is 0.0647. The van der Waals surface area contributed by atoms with Crippen molar-refractivity contribution in [3.63, 3.8) is 0 Å². The zero-order valence-corrected chi connectivity index (χ0v) is 16.1. The molecule has 0 radical (unpaired) electrons. The quantitative estimate of drug-likeness (QED) is 0.750. The lowest BCUT2D eigenvalue weighted by molar-refractivity contribution is -0.142. The van der Waals surface area contributed by atoms with Crippen molar-refractivity contribution in [3.05, 3.63) is 35.5 Å². The Morgan fingerprint density at radius 2 is 1.96 bits per heavy atom. The van der Waals surface area contributed by atoms with Gasteiger partial charge in [0.2, 0.25) is 5.91 Å². The molecule has 1 aliphatic rings. The lowest BCUT2D eigenvalue weighted by Gasteiger charge is -2.36.